The van der Waals surface area contributed by atoms with Crippen LogP contribution in [0.25, 0.3) is 0 Å². The quantitative estimate of drug-likeness (QED) is 0.846. The van der Waals surface area contributed by atoms with Crippen LogP contribution in [0.15, 0.2) is 40.6 Å². The fourth-order valence-electron chi connectivity index (χ4n) is 1.83. The number of halogens is 1. The zero-order chi connectivity index (χ0) is 15.6. The number of benzene rings is 1. The first kappa shape index (κ1) is 16.0. The van der Waals surface area contributed by atoms with Gasteiger partial charge in [0.1, 0.15) is 10.8 Å². The minimum absolute atomic E-state index is 0.202. The highest BCUT2D eigenvalue weighted by Crippen LogP contribution is 2.24. The van der Waals surface area contributed by atoms with Gasteiger partial charge in [0.05, 0.1) is 10.5 Å². The van der Waals surface area contributed by atoms with Gasteiger partial charge in [-0.15, -0.1) is 11.3 Å². The van der Waals surface area contributed by atoms with Crippen molar-refractivity contribution in [1.82, 2.24) is 4.31 Å². The molecule has 0 amide bonds. The Labute approximate surface area is 132 Å². The van der Waals surface area contributed by atoms with Gasteiger partial charge in [0.15, 0.2) is 0 Å². The highest BCUT2D eigenvalue weighted by atomic mass is 32.2. The molecule has 112 valence electrons. The number of nitrogens with two attached hydrogens (primary N) is 1. The van der Waals surface area contributed by atoms with Gasteiger partial charge >= 0.3 is 0 Å². The summed E-state index contributed by atoms with van der Waals surface area (Å²) < 4.78 is 40.1. The van der Waals surface area contributed by atoms with E-state index in [-0.39, 0.29) is 22.0 Å². The SMILES string of the molecule is CN(Cc1cccs1)S(=O)(=O)c1cccc(F)c1C(N)=S. The Hall–Kier alpha value is -1.35. The Kier molecular flexibility index (Phi) is 4.72. The summed E-state index contributed by atoms with van der Waals surface area (Å²) in [7, 11) is -2.45. The summed E-state index contributed by atoms with van der Waals surface area (Å²) in [5.74, 6) is -0.743. The highest BCUT2D eigenvalue weighted by Gasteiger charge is 2.27. The van der Waals surface area contributed by atoms with Crippen molar-refractivity contribution in [2.45, 2.75) is 11.4 Å². The number of thiocarbonyl (C=S) groups is 1. The normalized spacial score (nSPS) is 11.8. The van der Waals surface area contributed by atoms with E-state index in [2.05, 4.69) is 0 Å². The van der Waals surface area contributed by atoms with Crippen molar-refractivity contribution in [3.05, 3.63) is 52.0 Å². The van der Waals surface area contributed by atoms with E-state index in [0.717, 1.165) is 15.2 Å². The van der Waals surface area contributed by atoms with Crippen molar-refractivity contribution in [1.29, 1.82) is 0 Å². The molecule has 8 heteroatoms. The van der Waals surface area contributed by atoms with Crippen molar-refractivity contribution in [2.75, 3.05) is 7.05 Å². The van der Waals surface area contributed by atoms with Crippen LogP contribution in [0.2, 0.25) is 0 Å². The lowest BCUT2D eigenvalue weighted by molar-refractivity contribution is 0.468. The van der Waals surface area contributed by atoms with Crippen LogP contribution in [0, 0.1) is 5.82 Å². The van der Waals surface area contributed by atoms with Gasteiger partial charge in [-0.2, -0.15) is 4.31 Å². The van der Waals surface area contributed by atoms with Gasteiger partial charge in [-0.1, -0.05) is 24.4 Å². The first-order chi connectivity index (χ1) is 9.84. The van der Waals surface area contributed by atoms with Crippen molar-refractivity contribution >= 4 is 38.6 Å². The van der Waals surface area contributed by atoms with Crippen LogP contribution < -0.4 is 5.73 Å². The standard InChI is InChI=1S/C13H13FN2O2S3/c1-16(8-9-4-3-7-20-9)21(17,18)11-6-2-5-10(14)12(11)13(15)19/h2-7H,8H2,1H3,(H2,15,19). The first-order valence-electron chi connectivity index (χ1n) is 5.91. The van der Waals surface area contributed by atoms with Crippen LogP contribution in [0.5, 0.6) is 0 Å². The second-order valence-corrected chi connectivity index (χ2v) is 7.80. The Morgan fingerprint density at radius 2 is 2.10 bits per heavy atom. The molecule has 0 saturated heterocycles. The molecule has 0 aliphatic carbocycles. The summed E-state index contributed by atoms with van der Waals surface area (Å²) in [6, 6.07) is 7.42. The Bertz CT molecular complexity index is 758. The summed E-state index contributed by atoms with van der Waals surface area (Å²) in [6.07, 6.45) is 0. The van der Waals surface area contributed by atoms with Crippen LogP contribution in [0.3, 0.4) is 0 Å². The van der Waals surface area contributed by atoms with Crippen molar-refractivity contribution in [3.8, 4) is 0 Å². The summed E-state index contributed by atoms with van der Waals surface area (Å²) >= 11 is 6.21. The lowest BCUT2D eigenvalue weighted by Crippen LogP contribution is -2.29. The molecule has 0 saturated carbocycles. The van der Waals surface area contributed by atoms with E-state index in [1.54, 1.807) is 0 Å². The van der Waals surface area contributed by atoms with Gasteiger partial charge in [-0.25, -0.2) is 12.8 Å². The molecule has 0 bridgehead atoms. The van der Waals surface area contributed by atoms with Crippen LogP contribution >= 0.6 is 23.6 Å². The molecule has 0 aliphatic heterocycles. The number of sulfonamides is 1. The molecular formula is C13H13FN2O2S3. The Balaban J connectivity index is 2.44. The van der Waals surface area contributed by atoms with E-state index in [1.807, 2.05) is 17.5 Å². The van der Waals surface area contributed by atoms with Crippen LogP contribution in [-0.4, -0.2) is 24.8 Å². The summed E-state index contributed by atoms with van der Waals surface area (Å²) in [5.41, 5.74) is 5.21. The van der Waals surface area contributed by atoms with Gasteiger partial charge in [-0.05, 0) is 23.6 Å². The van der Waals surface area contributed by atoms with Crippen LogP contribution in [0.1, 0.15) is 10.4 Å². The number of thiophene rings is 1. The predicted molar refractivity (Wildman–Crippen MR) is 85.3 cm³/mol. The minimum atomic E-state index is -3.88. The topological polar surface area (TPSA) is 63.4 Å². The van der Waals surface area contributed by atoms with Crippen molar-refractivity contribution in [3.63, 3.8) is 0 Å². The van der Waals surface area contributed by atoms with Crippen LogP contribution in [-0.2, 0) is 16.6 Å². The lowest BCUT2D eigenvalue weighted by Gasteiger charge is -2.18. The van der Waals surface area contributed by atoms with Gasteiger partial charge in [0.25, 0.3) is 0 Å². The summed E-state index contributed by atoms with van der Waals surface area (Å²) in [6.45, 7) is 0.202. The number of rotatable bonds is 5. The number of hydrogen-bond acceptors (Lipinski definition) is 4. The molecule has 1 heterocycles. The molecule has 4 nitrogen and oxygen atoms in total. The van der Waals surface area contributed by atoms with E-state index in [9.17, 15) is 12.8 Å². The van der Waals surface area contributed by atoms with Gasteiger partial charge in [0, 0.05) is 18.5 Å². The monoisotopic (exact) mass is 344 g/mol. The third-order valence-corrected chi connectivity index (χ3v) is 5.78. The van der Waals surface area contributed by atoms with Gasteiger partial charge in [0.2, 0.25) is 10.0 Å². The molecule has 21 heavy (non-hydrogen) atoms. The molecule has 0 aliphatic rings. The van der Waals surface area contributed by atoms with E-state index >= 15 is 0 Å². The Morgan fingerprint density at radius 1 is 1.38 bits per heavy atom. The number of nitrogens with zero attached hydrogens (tertiary/aromatic N) is 1. The average molecular weight is 344 g/mol. The minimum Gasteiger partial charge on any atom is -0.389 e. The summed E-state index contributed by atoms with van der Waals surface area (Å²) in [4.78, 5) is 0.389. The van der Waals surface area contributed by atoms with E-state index < -0.39 is 15.8 Å². The highest BCUT2D eigenvalue weighted by molar-refractivity contribution is 7.89. The molecule has 2 aromatic rings. The Morgan fingerprint density at radius 3 is 2.67 bits per heavy atom. The van der Waals surface area contributed by atoms with E-state index in [4.69, 9.17) is 18.0 Å². The van der Waals surface area contributed by atoms with Gasteiger partial charge in [-0.3, -0.25) is 0 Å². The fourth-order valence-corrected chi connectivity index (χ4v) is 4.31. The zero-order valence-corrected chi connectivity index (χ0v) is 13.6. The second kappa shape index (κ2) is 6.18. The molecule has 0 unspecified atom stereocenters. The first-order valence-corrected chi connectivity index (χ1v) is 8.64. The molecule has 2 N–H and O–H groups in total. The lowest BCUT2D eigenvalue weighted by atomic mass is 10.2. The van der Waals surface area contributed by atoms with E-state index in [1.165, 1.54) is 30.5 Å². The molecule has 0 radical (unpaired) electrons. The molecule has 0 fully saturated rings. The molecule has 1 aromatic carbocycles. The number of hydrogen-bond donors (Lipinski definition) is 1. The molecule has 1 aromatic heterocycles. The third kappa shape index (κ3) is 3.29. The maximum absolute atomic E-state index is 13.8. The smallest absolute Gasteiger partial charge is 0.243 e. The zero-order valence-electron chi connectivity index (χ0n) is 11.1. The largest absolute Gasteiger partial charge is 0.389 e. The van der Waals surface area contributed by atoms with E-state index in [0.29, 0.717) is 0 Å². The van der Waals surface area contributed by atoms with Gasteiger partial charge < -0.3 is 5.73 Å². The van der Waals surface area contributed by atoms with Crippen LogP contribution in [0.4, 0.5) is 4.39 Å². The maximum atomic E-state index is 13.8. The fraction of sp³-hybridized carbons (Fsp3) is 0.154. The van der Waals surface area contributed by atoms with Crippen molar-refractivity contribution < 1.29 is 12.8 Å². The third-order valence-electron chi connectivity index (χ3n) is 2.87. The molecule has 2 rings (SSSR count). The van der Waals surface area contributed by atoms with Crippen molar-refractivity contribution in [2.24, 2.45) is 5.73 Å². The predicted octanol–water partition coefficient (Wildman–Crippen LogP) is 2.34. The molecule has 0 atom stereocenters. The molecular weight excluding hydrogens is 331 g/mol. The molecule has 0 spiro atoms. The second-order valence-electron chi connectivity index (χ2n) is 4.32. The maximum Gasteiger partial charge on any atom is 0.243 e. The average Bonchev–Trinajstić information content (AvgIpc) is 2.90. The summed E-state index contributed by atoms with van der Waals surface area (Å²) in [5, 5.41) is 1.86.